The average Bonchev–Trinajstić information content (AvgIpc) is 2.81. The van der Waals surface area contributed by atoms with Gasteiger partial charge < -0.3 is 20.3 Å². The molecule has 0 atom stereocenters. The zero-order valence-electron chi connectivity index (χ0n) is 10.6. The van der Waals surface area contributed by atoms with Crippen molar-refractivity contribution >= 4 is 11.6 Å². The molecular weight excluding hydrogens is 246 g/mol. The summed E-state index contributed by atoms with van der Waals surface area (Å²) in [7, 11) is 0. The van der Waals surface area contributed by atoms with Crippen LogP contribution >= 0.6 is 0 Å². The summed E-state index contributed by atoms with van der Waals surface area (Å²) in [5.41, 5.74) is 6.97. The van der Waals surface area contributed by atoms with Gasteiger partial charge in [0, 0.05) is 6.07 Å². The molecule has 0 aliphatic rings. The number of carbonyl (C=O) groups excluding carboxylic acids is 1. The minimum absolute atomic E-state index is 0.0959. The summed E-state index contributed by atoms with van der Waals surface area (Å²) >= 11 is 0. The fourth-order valence-electron chi connectivity index (χ4n) is 1.49. The van der Waals surface area contributed by atoms with Gasteiger partial charge in [0.05, 0.1) is 17.9 Å². The molecule has 19 heavy (non-hydrogen) atoms. The number of aryl methyl sites for hydroxylation is 1. The minimum Gasteiger partial charge on any atom is -0.482 e. The third kappa shape index (κ3) is 3.74. The highest BCUT2D eigenvalue weighted by molar-refractivity contribution is 5.77. The quantitative estimate of drug-likeness (QED) is 0.791. The molecule has 6 heteroatoms. The van der Waals surface area contributed by atoms with E-state index in [0.717, 1.165) is 5.69 Å². The lowest BCUT2D eigenvalue weighted by molar-refractivity contribution is -0.123. The summed E-state index contributed by atoms with van der Waals surface area (Å²) in [6.07, 6.45) is 0. The van der Waals surface area contributed by atoms with Crippen LogP contribution in [0.5, 0.6) is 5.75 Å². The second-order valence-corrected chi connectivity index (χ2v) is 4.04. The highest BCUT2D eigenvalue weighted by Crippen LogP contribution is 2.19. The van der Waals surface area contributed by atoms with Gasteiger partial charge in [-0.3, -0.25) is 4.79 Å². The monoisotopic (exact) mass is 261 g/mol. The van der Waals surface area contributed by atoms with Crippen molar-refractivity contribution in [2.75, 3.05) is 12.3 Å². The molecule has 0 aliphatic carbocycles. The zero-order chi connectivity index (χ0) is 13.7. The Labute approximate surface area is 110 Å². The summed E-state index contributed by atoms with van der Waals surface area (Å²) in [4.78, 5) is 11.6. The normalized spacial score (nSPS) is 10.2. The predicted molar refractivity (Wildman–Crippen MR) is 69.4 cm³/mol. The number of amides is 1. The molecule has 100 valence electrons. The topological polar surface area (TPSA) is 90.4 Å². The molecule has 0 fully saturated rings. The molecule has 2 rings (SSSR count). The summed E-state index contributed by atoms with van der Waals surface area (Å²) in [5.74, 6) is 0.843. The van der Waals surface area contributed by atoms with Gasteiger partial charge >= 0.3 is 0 Å². The van der Waals surface area contributed by atoms with Crippen LogP contribution < -0.4 is 15.8 Å². The first-order valence-electron chi connectivity index (χ1n) is 5.81. The maximum Gasteiger partial charge on any atom is 0.258 e. The van der Waals surface area contributed by atoms with Crippen molar-refractivity contribution < 1.29 is 14.1 Å². The van der Waals surface area contributed by atoms with Crippen LogP contribution in [0, 0.1) is 6.92 Å². The van der Waals surface area contributed by atoms with Gasteiger partial charge in [-0.05, 0) is 19.1 Å². The SMILES string of the molecule is Cc1cc(CNC(=O)COc2ccccc2N)on1. The molecule has 1 heterocycles. The number of benzene rings is 1. The van der Waals surface area contributed by atoms with Crippen molar-refractivity contribution in [1.29, 1.82) is 0 Å². The molecule has 0 radical (unpaired) electrons. The van der Waals surface area contributed by atoms with Gasteiger partial charge in [0.1, 0.15) is 5.75 Å². The first kappa shape index (κ1) is 12.9. The van der Waals surface area contributed by atoms with Gasteiger partial charge in [-0.15, -0.1) is 0 Å². The Hall–Kier alpha value is -2.50. The van der Waals surface area contributed by atoms with E-state index >= 15 is 0 Å². The number of ether oxygens (including phenoxy) is 1. The zero-order valence-corrected chi connectivity index (χ0v) is 10.6. The van der Waals surface area contributed by atoms with Crippen molar-refractivity contribution in [3.63, 3.8) is 0 Å². The molecule has 1 amide bonds. The molecule has 6 nitrogen and oxygen atoms in total. The van der Waals surface area contributed by atoms with E-state index in [1.54, 1.807) is 30.3 Å². The van der Waals surface area contributed by atoms with Gasteiger partial charge in [-0.1, -0.05) is 17.3 Å². The van der Waals surface area contributed by atoms with E-state index in [1.807, 2.05) is 6.92 Å². The Kier molecular flexibility index (Phi) is 4.02. The number of para-hydroxylation sites is 2. The van der Waals surface area contributed by atoms with Crippen LogP contribution in [0.25, 0.3) is 0 Å². The highest BCUT2D eigenvalue weighted by atomic mass is 16.5. The number of rotatable bonds is 5. The standard InChI is InChI=1S/C13H15N3O3/c1-9-6-10(19-16-9)7-15-13(17)8-18-12-5-3-2-4-11(12)14/h2-6H,7-8,14H2,1H3,(H,15,17). The largest absolute Gasteiger partial charge is 0.482 e. The Morgan fingerprint density at radius 3 is 2.95 bits per heavy atom. The van der Waals surface area contributed by atoms with Crippen molar-refractivity contribution in [2.24, 2.45) is 0 Å². The van der Waals surface area contributed by atoms with Gasteiger partial charge in [-0.2, -0.15) is 0 Å². The highest BCUT2D eigenvalue weighted by Gasteiger charge is 2.06. The number of hydrogen-bond acceptors (Lipinski definition) is 5. The predicted octanol–water partition coefficient (Wildman–Crippen LogP) is 1.26. The lowest BCUT2D eigenvalue weighted by atomic mass is 10.3. The first-order valence-corrected chi connectivity index (χ1v) is 5.81. The lowest BCUT2D eigenvalue weighted by Crippen LogP contribution is -2.28. The van der Waals surface area contributed by atoms with Crippen LogP contribution in [-0.2, 0) is 11.3 Å². The number of nitrogens with zero attached hydrogens (tertiary/aromatic N) is 1. The molecule has 2 aromatic rings. The van der Waals surface area contributed by atoms with Crippen LogP contribution in [0.4, 0.5) is 5.69 Å². The van der Waals surface area contributed by atoms with Gasteiger partial charge in [-0.25, -0.2) is 0 Å². The lowest BCUT2D eigenvalue weighted by Gasteiger charge is -2.08. The Morgan fingerprint density at radius 2 is 2.26 bits per heavy atom. The van der Waals surface area contributed by atoms with Crippen molar-refractivity contribution in [3.05, 3.63) is 41.8 Å². The molecule has 0 saturated heterocycles. The molecular formula is C13H15N3O3. The molecule has 0 saturated carbocycles. The van der Waals surface area contributed by atoms with Crippen LogP contribution in [0.2, 0.25) is 0 Å². The number of nitrogens with two attached hydrogens (primary N) is 1. The molecule has 3 N–H and O–H groups in total. The van der Waals surface area contributed by atoms with Crippen LogP contribution in [0.15, 0.2) is 34.9 Å². The number of hydrogen-bond donors (Lipinski definition) is 2. The van der Waals surface area contributed by atoms with Gasteiger partial charge in [0.2, 0.25) is 0 Å². The number of aromatic nitrogens is 1. The summed E-state index contributed by atoms with van der Waals surface area (Å²) in [6, 6.07) is 8.78. The average molecular weight is 261 g/mol. The minimum atomic E-state index is -0.252. The number of nitrogens with one attached hydrogen (secondary N) is 1. The molecule has 0 bridgehead atoms. The fourth-order valence-corrected chi connectivity index (χ4v) is 1.49. The van der Waals surface area contributed by atoms with Crippen LogP contribution in [-0.4, -0.2) is 17.7 Å². The van der Waals surface area contributed by atoms with E-state index in [1.165, 1.54) is 0 Å². The van der Waals surface area contributed by atoms with Gasteiger partial charge in [0.25, 0.3) is 5.91 Å². The van der Waals surface area contributed by atoms with Crippen molar-refractivity contribution in [1.82, 2.24) is 10.5 Å². The Bertz CT molecular complexity index is 566. The van der Waals surface area contributed by atoms with E-state index in [9.17, 15) is 4.79 Å². The second-order valence-electron chi connectivity index (χ2n) is 4.04. The number of anilines is 1. The molecule has 1 aromatic heterocycles. The molecule has 0 aliphatic heterocycles. The smallest absolute Gasteiger partial charge is 0.258 e. The fraction of sp³-hybridized carbons (Fsp3) is 0.231. The van der Waals surface area contributed by atoms with E-state index in [4.69, 9.17) is 15.0 Å². The third-order valence-corrected chi connectivity index (χ3v) is 2.41. The van der Waals surface area contributed by atoms with Crippen LogP contribution in [0.1, 0.15) is 11.5 Å². The van der Waals surface area contributed by atoms with E-state index in [2.05, 4.69) is 10.5 Å². The van der Waals surface area contributed by atoms with E-state index < -0.39 is 0 Å². The maximum atomic E-state index is 11.6. The summed E-state index contributed by atoms with van der Waals surface area (Å²) in [6.45, 7) is 2.00. The Balaban J connectivity index is 1.77. The van der Waals surface area contributed by atoms with E-state index in [0.29, 0.717) is 17.2 Å². The van der Waals surface area contributed by atoms with Crippen molar-refractivity contribution in [3.8, 4) is 5.75 Å². The first-order chi connectivity index (χ1) is 9.15. The molecule has 1 aromatic carbocycles. The van der Waals surface area contributed by atoms with Gasteiger partial charge in [0.15, 0.2) is 12.4 Å². The second kappa shape index (κ2) is 5.90. The summed E-state index contributed by atoms with van der Waals surface area (Å²) in [5, 5.41) is 6.39. The molecule has 0 spiro atoms. The Morgan fingerprint density at radius 1 is 1.47 bits per heavy atom. The third-order valence-electron chi connectivity index (χ3n) is 2.41. The van der Waals surface area contributed by atoms with Crippen molar-refractivity contribution in [2.45, 2.75) is 13.5 Å². The number of nitrogen functional groups attached to an aromatic ring is 1. The number of carbonyl (C=O) groups is 1. The van der Waals surface area contributed by atoms with Crippen LogP contribution in [0.3, 0.4) is 0 Å². The van der Waals surface area contributed by atoms with E-state index in [-0.39, 0.29) is 19.1 Å². The summed E-state index contributed by atoms with van der Waals surface area (Å²) < 4.78 is 10.3. The maximum absolute atomic E-state index is 11.6. The molecule has 0 unspecified atom stereocenters.